The van der Waals surface area contributed by atoms with Gasteiger partial charge in [0.1, 0.15) is 18.7 Å². The van der Waals surface area contributed by atoms with Crippen LogP contribution in [0.1, 0.15) is 32.1 Å². The number of aromatic nitrogens is 5. The highest BCUT2D eigenvalue weighted by Gasteiger charge is 2.28. The molecule has 8 nitrogen and oxygen atoms in total. The van der Waals surface area contributed by atoms with Gasteiger partial charge < -0.3 is 14.8 Å². The molecule has 0 spiro atoms. The highest BCUT2D eigenvalue weighted by molar-refractivity contribution is 14.0. The molecule has 2 aromatic heterocycles. The Balaban J connectivity index is 0.00000225. The zero-order valence-corrected chi connectivity index (χ0v) is 17.4. The minimum atomic E-state index is 0. The molecule has 1 saturated heterocycles. The topological polar surface area (TPSA) is 76.2 Å². The molecular weight excluding hydrogens is 431 g/mol. The van der Waals surface area contributed by atoms with Gasteiger partial charge in [0, 0.05) is 39.1 Å². The predicted molar refractivity (Wildman–Crippen MR) is 108 cm³/mol. The van der Waals surface area contributed by atoms with Crippen LogP contribution in [0.3, 0.4) is 0 Å². The Labute approximate surface area is 165 Å². The fourth-order valence-electron chi connectivity index (χ4n) is 3.13. The molecule has 0 aliphatic carbocycles. The van der Waals surface area contributed by atoms with Crippen LogP contribution in [0.25, 0.3) is 0 Å². The van der Waals surface area contributed by atoms with Crippen LogP contribution < -0.4 is 5.32 Å². The fraction of sp³-hybridized carbons (Fsp3) is 0.625. The van der Waals surface area contributed by atoms with E-state index in [1.165, 1.54) is 0 Å². The molecule has 3 rings (SSSR count). The lowest BCUT2D eigenvalue weighted by Crippen LogP contribution is -2.49. The minimum Gasteiger partial charge on any atom is -0.357 e. The summed E-state index contributed by atoms with van der Waals surface area (Å²) in [5.41, 5.74) is 0. The lowest BCUT2D eigenvalue weighted by atomic mass is 9.93. The number of hydrogen-bond donors (Lipinski definition) is 1. The summed E-state index contributed by atoms with van der Waals surface area (Å²) in [6.07, 6.45) is 8.51. The molecule has 2 unspecified atom stereocenters. The molecule has 1 aliphatic heterocycles. The first-order chi connectivity index (χ1) is 11.7. The molecular formula is C16H27IN8. The van der Waals surface area contributed by atoms with Gasteiger partial charge in [0.05, 0.1) is 12.4 Å². The molecule has 25 heavy (non-hydrogen) atoms. The number of piperidine rings is 1. The van der Waals surface area contributed by atoms with E-state index in [4.69, 9.17) is 4.99 Å². The number of nitrogens with one attached hydrogen (secondary N) is 1. The average molecular weight is 458 g/mol. The molecule has 0 saturated carbocycles. The van der Waals surface area contributed by atoms with E-state index < -0.39 is 0 Å². The Morgan fingerprint density at radius 1 is 1.44 bits per heavy atom. The first-order valence-electron chi connectivity index (χ1n) is 8.52. The van der Waals surface area contributed by atoms with Crippen LogP contribution in [0, 0.1) is 5.92 Å². The van der Waals surface area contributed by atoms with Gasteiger partial charge in [0.15, 0.2) is 5.96 Å². The Morgan fingerprint density at radius 2 is 2.28 bits per heavy atom. The lowest BCUT2D eigenvalue weighted by Gasteiger charge is -2.39. The van der Waals surface area contributed by atoms with Crippen molar-refractivity contribution in [3.8, 4) is 0 Å². The first kappa shape index (κ1) is 19.7. The maximum Gasteiger partial charge on any atom is 0.194 e. The van der Waals surface area contributed by atoms with Gasteiger partial charge in [-0.25, -0.2) is 15.0 Å². The van der Waals surface area contributed by atoms with Crippen LogP contribution in [0.4, 0.5) is 0 Å². The van der Waals surface area contributed by atoms with Gasteiger partial charge in [-0.3, -0.25) is 4.68 Å². The van der Waals surface area contributed by atoms with Crippen LogP contribution in [0.2, 0.25) is 0 Å². The predicted octanol–water partition coefficient (Wildman–Crippen LogP) is 1.68. The van der Waals surface area contributed by atoms with Crippen LogP contribution in [0.15, 0.2) is 30.0 Å². The molecule has 1 aliphatic rings. The van der Waals surface area contributed by atoms with E-state index >= 15 is 0 Å². The number of hydrogen-bond acceptors (Lipinski definition) is 4. The molecule has 9 heteroatoms. The van der Waals surface area contributed by atoms with Crippen molar-refractivity contribution in [3.63, 3.8) is 0 Å². The van der Waals surface area contributed by atoms with Gasteiger partial charge in [-0.1, -0.05) is 6.92 Å². The van der Waals surface area contributed by atoms with Crippen LogP contribution in [-0.2, 0) is 13.6 Å². The Bertz CT molecular complexity index is 665. The number of halogens is 1. The summed E-state index contributed by atoms with van der Waals surface area (Å²) in [6.45, 7) is 7.72. The molecule has 138 valence electrons. The Morgan fingerprint density at radius 3 is 2.92 bits per heavy atom. The second-order valence-corrected chi connectivity index (χ2v) is 6.26. The van der Waals surface area contributed by atoms with E-state index in [1.807, 2.05) is 25.8 Å². The van der Waals surface area contributed by atoms with Crippen molar-refractivity contribution in [2.24, 2.45) is 18.0 Å². The minimum absolute atomic E-state index is 0. The summed E-state index contributed by atoms with van der Waals surface area (Å²) in [7, 11) is 1.89. The number of rotatable bonds is 4. The number of imidazole rings is 1. The average Bonchev–Trinajstić information content (AvgIpc) is 3.24. The third-order valence-corrected chi connectivity index (χ3v) is 4.64. The van der Waals surface area contributed by atoms with Gasteiger partial charge in [0.25, 0.3) is 0 Å². The van der Waals surface area contributed by atoms with E-state index in [2.05, 4.69) is 43.7 Å². The zero-order chi connectivity index (χ0) is 16.9. The molecule has 0 amide bonds. The van der Waals surface area contributed by atoms with E-state index in [9.17, 15) is 0 Å². The third-order valence-electron chi connectivity index (χ3n) is 4.64. The van der Waals surface area contributed by atoms with Gasteiger partial charge in [-0.05, 0) is 19.3 Å². The zero-order valence-electron chi connectivity index (χ0n) is 15.0. The second kappa shape index (κ2) is 9.16. The van der Waals surface area contributed by atoms with Crippen molar-refractivity contribution in [1.82, 2.24) is 34.5 Å². The normalized spacial score (nSPS) is 21.1. The fourth-order valence-corrected chi connectivity index (χ4v) is 3.13. The van der Waals surface area contributed by atoms with Crippen molar-refractivity contribution in [3.05, 3.63) is 30.9 Å². The summed E-state index contributed by atoms with van der Waals surface area (Å²) in [6, 6.07) is 0.417. The van der Waals surface area contributed by atoms with Gasteiger partial charge in [-0.2, -0.15) is 5.10 Å². The second-order valence-electron chi connectivity index (χ2n) is 6.26. The number of likely N-dealkylation sites (tertiary alicyclic amines) is 1. The van der Waals surface area contributed by atoms with Crippen LogP contribution >= 0.6 is 24.0 Å². The highest BCUT2D eigenvalue weighted by Crippen LogP contribution is 2.27. The van der Waals surface area contributed by atoms with E-state index in [1.54, 1.807) is 11.0 Å². The summed E-state index contributed by atoms with van der Waals surface area (Å²) in [5, 5.41) is 7.51. The lowest BCUT2D eigenvalue weighted by molar-refractivity contribution is 0.189. The molecule has 0 bridgehead atoms. The van der Waals surface area contributed by atoms with E-state index in [0.29, 0.717) is 18.5 Å². The number of aryl methyl sites for hydroxylation is 1. The van der Waals surface area contributed by atoms with Crippen molar-refractivity contribution in [2.75, 3.05) is 19.6 Å². The van der Waals surface area contributed by atoms with Gasteiger partial charge >= 0.3 is 0 Å². The van der Waals surface area contributed by atoms with Crippen molar-refractivity contribution >= 4 is 29.9 Å². The first-order valence-corrected chi connectivity index (χ1v) is 8.52. The quantitative estimate of drug-likeness (QED) is 0.429. The molecule has 0 radical (unpaired) electrons. The Kier molecular flexibility index (Phi) is 7.21. The van der Waals surface area contributed by atoms with Gasteiger partial charge in [-0.15, -0.1) is 24.0 Å². The SMILES string of the molecule is CCNC(=NCc1ncnn1C)N1CCC(C)C(n2ccnc2)C1.I. The van der Waals surface area contributed by atoms with Crippen molar-refractivity contribution in [1.29, 1.82) is 0 Å². The number of aliphatic imine (C=N–C) groups is 1. The molecule has 1 fully saturated rings. The van der Waals surface area contributed by atoms with E-state index in [-0.39, 0.29) is 24.0 Å². The summed E-state index contributed by atoms with van der Waals surface area (Å²) in [5.74, 6) is 2.43. The maximum atomic E-state index is 4.76. The molecule has 2 atom stereocenters. The smallest absolute Gasteiger partial charge is 0.194 e. The molecule has 0 aromatic carbocycles. The van der Waals surface area contributed by atoms with Gasteiger partial charge in [0.2, 0.25) is 0 Å². The standard InChI is InChI=1S/C16H26N8.HI/c1-4-18-16(19-9-15-20-11-21-22(15)3)23-7-5-13(2)14(10-23)24-8-6-17-12-24;/h6,8,11-14H,4-5,7,9-10H2,1-3H3,(H,18,19);1H. The molecule has 1 N–H and O–H groups in total. The summed E-state index contributed by atoms with van der Waals surface area (Å²) < 4.78 is 3.97. The molecule has 2 aromatic rings. The van der Waals surface area contributed by atoms with Crippen molar-refractivity contribution in [2.45, 2.75) is 32.9 Å². The van der Waals surface area contributed by atoms with Crippen LogP contribution in [-0.4, -0.2) is 54.8 Å². The van der Waals surface area contributed by atoms with Crippen LogP contribution in [0.5, 0.6) is 0 Å². The molecule has 3 heterocycles. The largest absolute Gasteiger partial charge is 0.357 e. The number of guanidine groups is 1. The summed E-state index contributed by atoms with van der Waals surface area (Å²) >= 11 is 0. The summed E-state index contributed by atoms with van der Waals surface area (Å²) in [4.78, 5) is 15.5. The van der Waals surface area contributed by atoms with Crippen molar-refractivity contribution < 1.29 is 0 Å². The Hall–Kier alpha value is -1.65. The highest BCUT2D eigenvalue weighted by atomic mass is 127. The third kappa shape index (κ3) is 4.71. The monoisotopic (exact) mass is 458 g/mol. The maximum absolute atomic E-state index is 4.76. The number of nitrogens with zero attached hydrogens (tertiary/aromatic N) is 7. The van der Waals surface area contributed by atoms with E-state index in [0.717, 1.165) is 37.8 Å².